The smallest absolute Gasteiger partial charge is 0.433 e. The SMILES string of the molecule is COc1cccc(N2CC(C(=O)NC3CCC(CNc4cc(C(F)(F)F)nc5ccc(Cl)cc45)CC3)CC2=O)c1. The Morgan fingerprint density at radius 1 is 1.12 bits per heavy atom. The van der Waals surface area contributed by atoms with Crippen LogP contribution in [0.3, 0.4) is 0 Å². The highest BCUT2D eigenvalue weighted by atomic mass is 35.5. The van der Waals surface area contributed by atoms with Gasteiger partial charge in [-0.05, 0) is 68.0 Å². The number of fused-ring (bicyclic) bond motifs is 1. The number of nitrogens with zero attached hydrogens (tertiary/aromatic N) is 2. The van der Waals surface area contributed by atoms with Crippen molar-refractivity contribution < 1.29 is 27.5 Å². The standard InChI is InChI=1S/C29H30ClF3N4O3/c1-40-22-4-2-3-21(13-22)37-16-18(11-27(37)38)28(39)35-20-8-5-17(6-9-20)15-34-25-14-26(29(31,32)33)36-24-10-7-19(30)12-23(24)25/h2-4,7,10,12-14,17-18,20H,5-6,8-9,11,15-16H2,1H3,(H,34,36)(H,35,39). The summed E-state index contributed by atoms with van der Waals surface area (Å²) >= 11 is 6.09. The Morgan fingerprint density at radius 3 is 2.62 bits per heavy atom. The monoisotopic (exact) mass is 574 g/mol. The Labute approximate surface area is 235 Å². The fraction of sp³-hybridized carbons (Fsp3) is 0.414. The second kappa shape index (κ2) is 11.5. The number of carbonyl (C=O) groups excluding carboxylic acids is 2. The molecule has 7 nitrogen and oxygen atoms in total. The second-order valence-electron chi connectivity index (χ2n) is 10.4. The fourth-order valence-electron chi connectivity index (χ4n) is 5.48. The maximum Gasteiger partial charge on any atom is 0.433 e. The van der Waals surface area contributed by atoms with Gasteiger partial charge in [-0.25, -0.2) is 4.98 Å². The predicted octanol–water partition coefficient (Wildman–Crippen LogP) is 6.06. The normalized spacial score (nSPS) is 21.5. The number of methoxy groups -OCH3 is 1. The lowest BCUT2D eigenvalue weighted by Gasteiger charge is -2.30. The maximum atomic E-state index is 13.4. The van der Waals surface area contributed by atoms with Gasteiger partial charge in [-0.1, -0.05) is 17.7 Å². The van der Waals surface area contributed by atoms with Crippen molar-refractivity contribution in [3.05, 3.63) is 59.2 Å². The summed E-state index contributed by atoms with van der Waals surface area (Å²) < 4.78 is 45.5. The van der Waals surface area contributed by atoms with Crippen LogP contribution in [-0.2, 0) is 15.8 Å². The van der Waals surface area contributed by atoms with E-state index in [4.69, 9.17) is 16.3 Å². The molecule has 1 saturated carbocycles. The summed E-state index contributed by atoms with van der Waals surface area (Å²) in [5.41, 5.74) is 0.330. The first-order chi connectivity index (χ1) is 19.1. The number of anilines is 2. The Bertz CT molecular complexity index is 1410. The van der Waals surface area contributed by atoms with E-state index in [0.717, 1.165) is 31.7 Å². The largest absolute Gasteiger partial charge is 0.497 e. The zero-order chi connectivity index (χ0) is 28.4. The van der Waals surface area contributed by atoms with E-state index in [-0.39, 0.29) is 35.7 Å². The van der Waals surface area contributed by atoms with Crippen LogP contribution in [0.5, 0.6) is 5.75 Å². The average Bonchev–Trinajstić information content (AvgIpc) is 3.33. The molecule has 1 unspecified atom stereocenters. The third-order valence-corrected chi connectivity index (χ3v) is 7.93. The van der Waals surface area contributed by atoms with Gasteiger partial charge in [0.15, 0.2) is 0 Å². The first kappa shape index (κ1) is 28.0. The van der Waals surface area contributed by atoms with E-state index in [1.807, 2.05) is 12.1 Å². The predicted molar refractivity (Wildman–Crippen MR) is 148 cm³/mol. The zero-order valence-corrected chi connectivity index (χ0v) is 22.7. The molecule has 1 aliphatic carbocycles. The average molecular weight is 575 g/mol. The number of pyridine rings is 1. The summed E-state index contributed by atoms with van der Waals surface area (Å²) in [6, 6.07) is 12.9. The van der Waals surface area contributed by atoms with Crippen LogP contribution in [0.1, 0.15) is 37.8 Å². The van der Waals surface area contributed by atoms with Crippen LogP contribution in [0, 0.1) is 11.8 Å². The van der Waals surface area contributed by atoms with E-state index in [9.17, 15) is 22.8 Å². The highest BCUT2D eigenvalue weighted by Crippen LogP contribution is 2.35. The Hall–Kier alpha value is -3.53. The van der Waals surface area contributed by atoms with E-state index in [1.54, 1.807) is 30.2 Å². The molecule has 11 heteroatoms. The molecule has 2 N–H and O–H groups in total. The Morgan fingerprint density at radius 2 is 1.90 bits per heavy atom. The maximum absolute atomic E-state index is 13.4. The van der Waals surface area contributed by atoms with Crippen molar-refractivity contribution in [2.75, 3.05) is 30.4 Å². The number of benzene rings is 2. The number of hydrogen-bond donors (Lipinski definition) is 2. The van der Waals surface area contributed by atoms with Crippen LogP contribution in [-0.4, -0.2) is 43.0 Å². The summed E-state index contributed by atoms with van der Waals surface area (Å²) in [5.74, 6) is 0.238. The lowest BCUT2D eigenvalue weighted by atomic mass is 9.85. The van der Waals surface area contributed by atoms with Crippen LogP contribution in [0.2, 0.25) is 5.02 Å². The first-order valence-corrected chi connectivity index (χ1v) is 13.6. The highest BCUT2D eigenvalue weighted by molar-refractivity contribution is 6.31. The number of carbonyl (C=O) groups is 2. The molecule has 3 aromatic rings. The van der Waals surface area contributed by atoms with Gasteiger partial charge in [0.05, 0.1) is 18.5 Å². The van der Waals surface area contributed by atoms with E-state index in [2.05, 4.69) is 15.6 Å². The molecule has 1 atom stereocenters. The van der Waals surface area contributed by atoms with Gasteiger partial charge in [0.2, 0.25) is 11.8 Å². The summed E-state index contributed by atoms with van der Waals surface area (Å²) in [7, 11) is 1.56. The number of nitrogens with one attached hydrogen (secondary N) is 2. The minimum atomic E-state index is -4.56. The summed E-state index contributed by atoms with van der Waals surface area (Å²) in [6.07, 6.45) is -1.26. The van der Waals surface area contributed by atoms with Crippen molar-refractivity contribution in [2.24, 2.45) is 11.8 Å². The second-order valence-corrected chi connectivity index (χ2v) is 10.9. The molecule has 0 bridgehead atoms. The van der Waals surface area contributed by atoms with Crippen molar-refractivity contribution in [3.8, 4) is 5.75 Å². The molecular formula is C29H30ClF3N4O3. The van der Waals surface area contributed by atoms with Crippen LogP contribution in [0.4, 0.5) is 24.5 Å². The van der Waals surface area contributed by atoms with Gasteiger partial charge in [-0.3, -0.25) is 9.59 Å². The zero-order valence-electron chi connectivity index (χ0n) is 21.9. The number of hydrogen-bond acceptors (Lipinski definition) is 5. The van der Waals surface area contributed by atoms with Gasteiger partial charge < -0.3 is 20.3 Å². The van der Waals surface area contributed by atoms with Crippen LogP contribution >= 0.6 is 11.6 Å². The van der Waals surface area contributed by atoms with Crippen molar-refractivity contribution in [3.63, 3.8) is 0 Å². The molecule has 5 rings (SSSR count). The molecule has 40 heavy (non-hydrogen) atoms. The first-order valence-electron chi connectivity index (χ1n) is 13.3. The molecule has 0 radical (unpaired) electrons. The molecule has 2 heterocycles. The summed E-state index contributed by atoms with van der Waals surface area (Å²) in [4.78, 5) is 31.0. The van der Waals surface area contributed by atoms with Crippen LogP contribution in [0.25, 0.3) is 10.9 Å². The number of rotatable bonds is 7. The molecule has 1 saturated heterocycles. The number of ether oxygens (including phenoxy) is 1. The van der Waals surface area contributed by atoms with Gasteiger partial charge >= 0.3 is 6.18 Å². The van der Waals surface area contributed by atoms with E-state index in [0.29, 0.717) is 40.6 Å². The lowest BCUT2D eigenvalue weighted by molar-refractivity contribution is -0.141. The lowest BCUT2D eigenvalue weighted by Crippen LogP contribution is -2.42. The molecule has 2 aromatic carbocycles. The van der Waals surface area contributed by atoms with Crippen molar-refractivity contribution in [1.29, 1.82) is 0 Å². The van der Waals surface area contributed by atoms with E-state index >= 15 is 0 Å². The Kier molecular flexibility index (Phi) is 8.07. The topological polar surface area (TPSA) is 83.6 Å². The van der Waals surface area contributed by atoms with Crippen molar-refractivity contribution >= 4 is 45.7 Å². The van der Waals surface area contributed by atoms with E-state index in [1.165, 1.54) is 12.1 Å². The third-order valence-electron chi connectivity index (χ3n) is 7.70. The Balaban J connectivity index is 1.14. The van der Waals surface area contributed by atoms with Crippen LogP contribution in [0.15, 0.2) is 48.5 Å². The van der Waals surface area contributed by atoms with Crippen molar-refractivity contribution in [2.45, 2.75) is 44.3 Å². The molecule has 212 valence electrons. The van der Waals surface area contributed by atoms with Gasteiger partial charge in [0, 0.05) is 53.4 Å². The molecule has 2 amide bonds. The van der Waals surface area contributed by atoms with Crippen LogP contribution < -0.4 is 20.3 Å². The molecule has 0 spiro atoms. The van der Waals surface area contributed by atoms with Gasteiger partial charge in [0.25, 0.3) is 0 Å². The minimum absolute atomic E-state index is 0.00196. The fourth-order valence-corrected chi connectivity index (χ4v) is 5.66. The summed E-state index contributed by atoms with van der Waals surface area (Å²) in [5, 5.41) is 7.26. The summed E-state index contributed by atoms with van der Waals surface area (Å²) in [6.45, 7) is 0.817. The minimum Gasteiger partial charge on any atom is -0.497 e. The third kappa shape index (κ3) is 6.27. The molecule has 1 aliphatic heterocycles. The molecule has 1 aromatic heterocycles. The highest BCUT2D eigenvalue weighted by Gasteiger charge is 2.37. The quantitative estimate of drug-likeness (QED) is 0.359. The van der Waals surface area contributed by atoms with Gasteiger partial charge in [-0.15, -0.1) is 0 Å². The van der Waals surface area contributed by atoms with Gasteiger partial charge in [-0.2, -0.15) is 13.2 Å². The van der Waals surface area contributed by atoms with E-state index < -0.39 is 17.8 Å². The van der Waals surface area contributed by atoms with Gasteiger partial charge in [0.1, 0.15) is 11.4 Å². The number of amides is 2. The van der Waals surface area contributed by atoms with Crippen molar-refractivity contribution in [1.82, 2.24) is 10.3 Å². The number of alkyl halides is 3. The molecule has 2 aliphatic rings. The number of halogens is 4. The molecular weight excluding hydrogens is 545 g/mol. The number of aromatic nitrogens is 1. The molecule has 2 fully saturated rings.